The third-order valence-electron chi connectivity index (χ3n) is 5.68. The molecule has 1 N–H and O–H groups in total. The van der Waals surface area contributed by atoms with Gasteiger partial charge in [-0.25, -0.2) is 8.42 Å². The molecule has 1 fully saturated rings. The fraction of sp³-hybridized carbons (Fsp3) is 0.391. The minimum atomic E-state index is -3.82. The van der Waals surface area contributed by atoms with Gasteiger partial charge in [0, 0.05) is 19.2 Å². The van der Waals surface area contributed by atoms with E-state index in [0.29, 0.717) is 49.1 Å². The summed E-state index contributed by atoms with van der Waals surface area (Å²) in [5.74, 6) is 0.228. The fourth-order valence-corrected chi connectivity index (χ4v) is 5.25. The zero-order valence-corrected chi connectivity index (χ0v) is 19.4. The summed E-state index contributed by atoms with van der Waals surface area (Å²) in [5, 5.41) is 2.75. The van der Waals surface area contributed by atoms with Gasteiger partial charge in [0.25, 0.3) is 5.91 Å². The number of rotatable bonds is 6. The standard InChI is InChI=1S/C23H27N3O6S/c1-16(26(33(2,29)30)17-9-10-20-21(15-17)32-14-13-31-20)22(27)24-19-8-4-3-7-18(19)23(28)25-11-5-6-12-25/h3-4,7-10,15-16H,5-6,11-14H2,1-2H3,(H,24,27)/t16-/m0/s1. The van der Waals surface area contributed by atoms with E-state index >= 15 is 0 Å². The molecule has 2 aromatic carbocycles. The SMILES string of the molecule is C[C@@H](C(=O)Nc1ccccc1C(=O)N1CCCC1)N(c1ccc2c(c1)OCCO2)S(C)(=O)=O. The Balaban J connectivity index is 1.59. The average Bonchev–Trinajstić information content (AvgIpc) is 3.33. The number of nitrogens with one attached hydrogen (secondary N) is 1. The molecule has 2 amide bonds. The summed E-state index contributed by atoms with van der Waals surface area (Å²) in [6.45, 7) is 3.63. The van der Waals surface area contributed by atoms with Crippen molar-refractivity contribution in [2.24, 2.45) is 0 Å². The third kappa shape index (κ3) is 4.90. The highest BCUT2D eigenvalue weighted by Crippen LogP contribution is 2.35. The first kappa shape index (κ1) is 22.9. The van der Waals surface area contributed by atoms with E-state index in [1.165, 1.54) is 6.92 Å². The van der Waals surface area contributed by atoms with Crippen molar-refractivity contribution >= 4 is 33.2 Å². The van der Waals surface area contributed by atoms with Gasteiger partial charge in [-0.3, -0.25) is 13.9 Å². The van der Waals surface area contributed by atoms with Crippen molar-refractivity contribution in [3.8, 4) is 11.5 Å². The monoisotopic (exact) mass is 473 g/mol. The number of carbonyl (C=O) groups excluding carboxylic acids is 2. The van der Waals surface area contributed by atoms with E-state index in [9.17, 15) is 18.0 Å². The smallest absolute Gasteiger partial charge is 0.255 e. The second-order valence-corrected chi connectivity index (χ2v) is 9.96. The van der Waals surface area contributed by atoms with Crippen LogP contribution in [-0.2, 0) is 14.8 Å². The molecule has 0 spiro atoms. The molecule has 1 saturated heterocycles. The summed E-state index contributed by atoms with van der Waals surface area (Å²) in [5.41, 5.74) is 1.01. The second-order valence-electron chi connectivity index (χ2n) is 8.10. The van der Waals surface area contributed by atoms with Crippen LogP contribution in [0.3, 0.4) is 0 Å². The first-order chi connectivity index (χ1) is 15.8. The van der Waals surface area contributed by atoms with Gasteiger partial charge in [-0.2, -0.15) is 0 Å². The zero-order chi connectivity index (χ0) is 23.6. The first-order valence-corrected chi connectivity index (χ1v) is 12.7. The van der Waals surface area contributed by atoms with Crippen molar-refractivity contribution < 1.29 is 27.5 Å². The highest BCUT2D eigenvalue weighted by atomic mass is 32.2. The van der Waals surface area contributed by atoms with Gasteiger partial charge in [0.1, 0.15) is 19.3 Å². The number of hydrogen-bond acceptors (Lipinski definition) is 6. The van der Waals surface area contributed by atoms with E-state index in [1.807, 2.05) is 0 Å². The molecule has 1 atom stereocenters. The van der Waals surface area contributed by atoms with Crippen molar-refractivity contribution in [1.29, 1.82) is 0 Å². The lowest BCUT2D eigenvalue weighted by atomic mass is 10.1. The normalized spacial score (nSPS) is 16.2. The Bertz CT molecular complexity index is 1160. The number of ether oxygens (including phenoxy) is 2. The van der Waals surface area contributed by atoms with Gasteiger partial charge in [0.05, 0.1) is 23.2 Å². The van der Waals surface area contributed by atoms with Crippen LogP contribution in [0.4, 0.5) is 11.4 Å². The van der Waals surface area contributed by atoms with Gasteiger partial charge >= 0.3 is 0 Å². The molecule has 9 nitrogen and oxygen atoms in total. The highest BCUT2D eigenvalue weighted by molar-refractivity contribution is 7.92. The topological polar surface area (TPSA) is 105 Å². The molecule has 2 aliphatic heterocycles. The number of para-hydroxylation sites is 1. The molecule has 0 saturated carbocycles. The predicted octanol–water partition coefficient (Wildman–Crippen LogP) is 2.49. The molecule has 0 aliphatic carbocycles. The lowest BCUT2D eigenvalue weighted by Crippen LogP contribution is -2.45. The number of amides is 2. The van der Waals surface area contributed by atoms with Crippen LogP contribution < -0.4 is 19.1 Å². The summed E-state index contributed by atoms with van der Waals surface area (Å²) in [7, 11) is -3.82. The van der Waals surface area contributed by atoms with E-state index in [1.54, 1.807) is 47.4 Å². The second kappa shape index (κ2) is 9.30. The fourth-order valence-electron chi connectivity index (χ4n) is 4.08. The van der Waals surface area contributed by atoms with E-state index in [0.717, 1.165) is 23.4 Å². The molecule has 0 unspecified atom stereocenters. The summed E-state index contributed by atoms with van der Waals surface area (Å²) < 4.78 is 37.4. The summed E-state index contributed by atoms with van der Waals surface area (Å²) in [6, 6.07) is 10.4. The van der Waals surface area contributed by atoms with Crippen LogP contribution in [0.15, 0.2) is 42.5 Å². The molecule has 176 valence electrons. The Labute approximate surface area is 193 Å². The first-order valence-electron chi connectivity index (χ1n) is 10.8. The van der Waals surface area contributed by atoms with Gasteiger partial charge in [-0.15, -0.1) is 0 Å². The van der Waals surface area contributed by atoms with E-state index in [2.05, 4.69) is 5.32 Å². The molecule has 4 rings (SSSR count). The van der Waals surface area contributed by atoms with Gasteiger partial charge in [-0.1, -0.05) is 12.1 Å². The van der Waals surface area contributed by atoms with Gasteiger partial charge in [0.2, 0.25) is 15.9 Å². The number of carbonyl (C=O) groups is 2. The van der Waals surface area contributed by atoms with Crippen LogP contribution >= 0.6 is 0 Å². The Hall–Kier alpha value is -3.27. The van der Waals surface area contributed by atoms with Gasteiger partial charge in [-0.05, 0) is 44.0 Å². The Kier molecular flexibility index (Phi) is 6.46. The molecular weight excluding hydrogens is 446 g/mol. The molecule has 0 bridgehead atoms. The van der Waals surface area contributed by atoms with Crippen LogP contribution in [0.2, 0.25) is 0 Å². The zero-order valence-electron chi connectivity index (χ0n) is 18.6. The lowest BCUT2D eigenvalue weighted by Gasteiger charge is -2.29. The minimum absolute atomic E-state index is 0.150. The van der Waals surface area contributed by atoms with Crippen LogP contribution in [0.1, 0.15) is 30.1 Å². The van der Waals surface area contributed by atoms with Crippen LogP contribution in [0.25, 0.3) is 0 Å². The molecule has 0 aromatic heterocycles. The quantitative estimate of drug-likeness (QED) is 0.691. The van der Waals surface area contributed by atoms with E-state index in [4.69, 9.17) is 9.47 Å². The van der Waals surface area contributed by atoms with Crippen LogP contribution in [-0.4, -0.2) is 63.7 Å². The molecular formula is C23H27N3O6S. The number of anilines is 2. The Morgan fingerprint density at radius 1 is 1.03 bits per heavy atom. The van der Waals surface area contributed by atoms with E-state index < -0.39 is 22.0 Å². The maximum absolute atomic E-state index is 13.2. The average molecular weight is 474 g/mol. The van der Waals surface area contributed by atoms with Crippen molar-refractivity contribution in [3.05, 3.63) is 48.0 Å². The Morgan fingerprint density at radius 3 is 2.39 bits per heavy atom. The number of benzene rings is 2. The maximum Gasteiger partial charge on any atom is 0.255 e. The molecule has 2 aliphatic rings. The predicted molar refractivity (Wildman–Crippen MR) is 124 cm³/mol. The number of likely N-dealkylation sites (tertiary alicyclic amines) is 1. The number of sulfonamides is 1. The van der Waals surface area contributed by atoms with Crippen LogP contribution in [0, 0.1) is 0 Å². The number of fused-ring (bicyclic) bond motifs is 1. The van der Waals surface area contributed by atoms with Crippen molar-refractivity contribution in [3.63, 3.8) is 0 Å². The molecule has 2 heterocycles. The van der Waals surface area contributed by atoms with Crippen molar-refractivity contribution in [2.45, 2.75) is 25.8 Å². The van der Waals surface area contributed by atoms with Gasteiger partial charge in [0.15, 0.2) is 11.5 Å². The van der Waals surface area contributed by atoms with Crippen molar-refractivity contribution in [1.82, 2.24) is 4.90 Å². The molecule has 0 radical (unpaired) electrons. The van der Waals surface area contributed by atoms with Crippen LogP contribution in [0.5, 0.6) is 11.5 Å². The lowest BCUT2D eigenvalue weighted by molar-refractivity contribution is -0.116. The minimum Gasteiger partial charge on any atom is -0.486 e. The van der Waals surface area contributed by atoms with E-state index in [-0.39, 0.29) is 11.6 Å². The largest absolute Gasteiger partial charge is 0.486 e. The third-order valence-corrected chi connectivity index (χ3v) is 6.92. The number of hydrogen-bond donors (Lipinski definition) is 1. The molecule has 2 aromatic rings. The number of nitrogens with zero attached hydrogens (tertiary/aromatic N) is 2. The van der Waals surface area contributed by atoms with Gasteiger partial charge < -0.3 is 19.7 Å². The Morgan fingerprint density at radius 2 is 1.70 bits per heavy atom. The highest BCUT2D eigenvalue weighted by Gasteiger charge is 2.31. The maximum atomic E-state index is 13.2. The molecule has 10 heteroatoms. The summed E-state index contributed by atoms with van der Waals surface area (Å²) >= 11 is 0. The summed E-state index contributed by atoms with van der Waals surface area (Å²) in [4.78, 5) is 27.8. The molecule has 33 heavy (non-hydrogen) atoms. The summed E-state index contributed by atoms with van der Waals surface area (Å²) in [6.07, 6.45) is 2.95. The van der Waals surface area contributed by atoms with Crippen molar-refractivity contribution in [2.75, 3.05) is 42.2 Å².